The van der Waals surface area contributed by atoms with E-state index in [9.17, 15) is 4.39 Å². The fraction of sp³-hybridized carbons (Fsp3) is 0. The molecule has 0 bridgehead atoms. The van der Waals surface area contributed by atoms with Gasteiger partial charge in [-0.25, -0.2) is 4.39 Å². The Balaban J connectivity index is 0.00000128. The van der Waals surface area contributed by atoms with Crippen molar-refractivity contribution in [3.63, 3.8) is 0 Å². The van der Waals surface area contributed by atoms with Crippen LogP contribution in [0.15, 0.2) is 53.0 Å². The lowest BCUT2D eigenvalue weighted by Crippen LogP contribution is -3.00. The molecule has 4 heteroatoms. The molecule has 0 fully saturated rings. The Hall–Kier alpha value is -0.900. The lowest BCUT2D eigenvalue weighted by molar-refractivity contribution is -0.478. The van der Waals surface area contributed by atoms with Gasteiger partial charge in [-0.05, 0) is 24.3 Å². The number of halogens is 3. The minimum Gasteiger partial charge on any atom is -1.00 e. The Kier molecular flexibility index (Phi) is 4.93. The van der Waals surface area contributed by atoms with Crippen molar-refractivity contribution in [1.82, 2.24) is 0 Å². The second kappa shape index (κ2) is 5.99. The van der Waals surface area contributed by atoms with E-state index in [0.717, 1.165) is 15.8 Å². The number of quaternary nitrogens is 1. The van der Waals surface area contributed by atoms with E-state index in [0.29, 0.717) is 0 Å². The van der Waals surface area contributed by atoms with Crippen molar-refractivity contribution in [3.05, 3.63) is 58.8 Å². The summed E-state index contributed by atoms with van der Waals surface area (Å²) >= 11 is 3.41. The molecular formula is C12H10BrClFN. The van der Waals surface area contributed by atoms with Crippen LogP contribution in [0.2, 0.25) is 0 Å². The van der Waals surface area contributed by atoms with Crippen LogP contribution in [-0.4, -0.2) is 0 Å². The quantitative estimate of drug-likeness (QED) is 0.759. The van der Waals surface area contributed by atoms with Gasteiger partial charge in [-0.3, -0.25) is 5.32 Å². The third-order valence-corrected chi connectivity index (χ3v) is 2.55. The van der Waals surface area contributed by atoms with Gasteiger partial charge in [0, 0.05) is 22.7 Å². The Morgan fingerprint density at radius 2 is 1.62 bits per heavy atom. The first-order valence-corrected chi connectivity index (χ1v) is 5.39. The van der Waals surface area contributed by atoms with E-state index in [1.54, 1.807) is 12.1 Å². The summed E-state index contributed by atoms with van der Waals surface area (Å²) in [5, 5.41) is 2.00. The van der Waals surface area contributed by atoms with E-state index < -0.39 is 0 Å². The van der Waals surface area contributed by atoms with E-state index in [2.05, 4.69) is 15.9 Å². The molecule has 0 spiro atoms. The van der Waals surface area contributed by atoms with Gasteiger partial charge < -0.3 is 12.4 Å². The molecule has 0 amide bonds. The van der Waals surface area contributed by atoms with Gasteiger partial charge in [-0.15, -0.1) is 0 Å². The summed E-state index contributed by atoms with van der Waals surface area (Å²) in [4.78, 5) is 0. The summed E-state index contributed by atoms with van der Waals surface area (Å²) in [6.07, 6.45) is 0. The third kappa shape index (κ3) is 3.59. The van der Waals surface area contributed by atoms with Crippen molar-refractivity contribution in [2.45, 2.75) is 0 Å². The van der Waals surface area contributed by atoms with Crippen LogP contribution in [0.3, 0.4) is 0 Å². The highest BCUT2D eigenvalue weighted by atomic mass is 79.9. The Morgan fingerprint density at radius 3 is 2.25 bits per heavy atom. The van der Waals surface area contributed by atoms with Gasteiger partial charge >= 0.3 is 0 Å². The minimum absolute atomic E-state index is 0. The van der Waals surface area contributed by atoms with E-state index in [-0.39, 0.29) is 18.2 Å². The topological polar surface area (TPSA) is 16.6 Å². The van der Waals surface area contributed by atoms with E-state index in [1.807, 2.05) is 29.6 Å². The van der Waals surface area contributed by atoms with Gasteiger partial charge in [0.2, 0.25) is 0 Å². The first-order valence-electron chi connectivity index (χ1n) is 4.60. The summed E-state index contributed by atoms with van der Waals surface area (Å²) in [6.45, 7) is 0. The van der Waals surface area contributed by atoms with Crippen molar-refractivity contribution < 1.29 is 22.1 Å². The molecular weight excluding hydrogens is 292 g/mol. The molecule has 2 aromatic carbocycles. The van der Waals surface area contributed by atoms with Crippen LogP contribution in [0, 0.1) is 5.82 Å². The minimum atomic E-state index is -0.207. The van der Waals surface area contributed by atoms with Crippen molar-refractivity contribution >= 4 is 27.3 Å². The molecule has 0 saturated carbocycles. The first-order chi connectivity index (χ1) is 7.24. The fourth-order valence-electron chi connectivity index (χ4n) is 1.35. The van der Waals surface area contributed by atoms with Crippen LogP contribution in [0.25, 0.3) is 0 Å². The molecule has 84 valence electrons. The molecule has 0 aromatic heterocycles. The largest absolute Gasteiger partial charge is 1.00 e. The Labute approximate surface area is 108 Å². The van der Waals surface area contributed by atoms with Gasteiger partial charge in [0.15, 0.2) is 0 Å². The molecule has 0 unspecified atom stereocenters. The standard InChI is InChI=1S/C12H9BrFN.ClH/c13-9-2-1-3-12(8-9)15-11-6-4-10(14)5-7-11;/h1-8,15H;1H. The fourth-order valence-corrected chi connectivity index (χ4v) is 1.76. The number of hydrogen-bond donors (Lipinski definition) is 1. The zero-order valence-electron chi connectivity index (χ0n) is 8.33. The predicted molar refractivity (Wildman–Crippen MR) is 61.8 cm³/mol. The maximum Gasteiger partial charge on any atom is 0.135 e. The van der Waals surface area contributed by atoms with Crippen molar-refractivity contribution in [1.29, 1.82) is 0 Å². The molecule has 0 aliphatic heterocycles. The van der Waals surface area contributed by atoms with Crippen LogP contribution in [0.5, 0.6) is 0 Å². The monoisotopic (exact) mass is 301 g/mol. The normalized spacial score (nSPS) is 9.62. The summed E-state index contributed by atoms with van der Waals surface area (Å²) < 4.78 is 13.7. The molecule has 0 aliphatic rings. The smallest absolute Gasteiger partial charge is 0.135 e. The van der Waals surface area contributed by atoms with E-state index in [1.165, 1.54) is 12.1 Å². The number of benzene rings is 2. The molecule has 1 nitrogen and oxygen atoms in total. The molecule has 2 rings (SSSR count). The Bertz CT molecular complexity index is 459. The second-order valence-electron chi connectivity index (χ2n) is 3.25. The van der Waals surface area contributed by atoms with Crippen LogP contribution in [-0.2, 0) is 0 Å². The number of hydrogen-bond acceptors (Lipinski definition) is 0. The van der Waals surface area contributed by atoms with Crippen LogP contribution >= 0.6 is 15.9 Å². The molecule has 0 aliphatic carbocycles. The average Bonchev–Trinajstić information content (AvgIpc) is 2.22. The summed E-state index contributed by atoms with van der Waals surface area (Å²) in [5.41, 5.74) is 2.09. The molecule has 2 N–H and O–H groups in total. The maximum absolute atomic E-state index is 12.7. The second-order valence-corrected chi connectivity index (χ2v) is 4.17. The highest BCUT2D eigenvalue weighted by Gasteiger charge is 2.00. The SMILES string of the molecule is Fc1ccc([NH2+]c2cccc(Br)c2)cc1.[Cl-]. The molecule has 0 heterocycles. The molecule has 0 saturated heterocycles. The van der Waals surface area contributed by atoms with Crippen molar-refractivity contribution in [2.24, 2.45) is 0 Å². The van der Waals surface area contributed by atoms with Crippen molar-refractivity contribution in [2.75, 3.05) is 0 Å². The van der Waals surface area contributed by atoms with E-state index in [4.69, 9.17) is 0 Å². The summed E-state index contributed by atoms with van der Waals surface area (Å²) in [6, 6.07) is 14.4. The van der Waals surface area contributed by atoms with Gasteiger partial charge in [-0.2, -0.15) is 0 Å². The zero-order chi connectivity index (χ0) is 10.7. The zero-order valence-corrected chi connectivity index (χ0v) is 10.7. The average molecular weight is 303 g/mol. The molecule has 2 aromatic rings. The van der Waals surface area contributed by atoms with Gasteiger partial charge in [0.1, 0.15) is 17.2 Å². The first kappa shape index (κ1) is 13.2. The highest BCUT2D eigenvalue weighted by Crippen LogP contribution is 2.13. The molecule has 16 heavy (non-hydrogen) atoms. The van der Waals surface area contributed by atoms with Crippen LogP contribution in [0.1, 0.15) is 0 Å². The predicted octanol–water partition coefficient (Wildman–Crippen LogP) is 0.119. The number of rotatable bonds is 2. The molecule has 0 radical (unpaired) electrons. The van der Waals surface area contributed by atoms with Crippen LogP contribution in [0.4, 0.5) is 15.8 Å². The summed E-state index contributed by atoms with van der Waals surface area (Å²) in [5.74, 6) is -0.207. The van der Waals surface area contributed by atoms with Crippen molar-refractivity contribution in [3.8, 4) is 0 Å². The van der Waals surface area contributed by atoms with Gasteiger partial charge in [-0.1, -0.05) is 22.0 Å². The van der Waals surface area contributed by atoms with Crippen LogP contribution < -0.4 is 17.7 Å². The van der Waals surface area contributed by atoms with Gasteiger partial charge in [0.25, 0.3) is 0 Å². The Morgan fingerprint density at radius 1 is 0.938 bits per heavy atom. The number of nitrogens with two attached hydrogens (primary N) is 1. The molecule has 0 atom stereocenters. The lowest BCUT2D eigenvalue weighted by atomic mass is 10.2. The maximum atomic E-state index is 12.7. The van der Waals surface area contributed by atoms with E-state index >= 15 is 0 Å². The highest BCUT2D eigenvalue weighted by molar-refractivity contribution is 9.10. The van der Waals surface area contributed by atoms with Gasteiger partial charge in [0.05, 0.1) is 0 Å². The third-order valence-electron chi connectivity index (χ3n) is 2.05. The lowest BCUT2D eigenvalue weighted by Gasteiger charge is -2.00. The summed E-state index contributed by atoms with van der Waals surface area (Å²) in [7, 11) is 0.